The van der Waals surface area contributed by atoms with Crippen LogP contribution in [0.1, 0.15) is 13.3 Å². The van der Waals surface area contributed by atoms with Crippen LogP contribution in [0.4, 0.5) is 0 Å². The van der Waals surface area contributed by atoms with Crippen LogP contribution in [0.5, 0.6) is 0 Å². The number of hydrogen-bond acceptors (Lipinski definition) is 0. The maximum absolute atomic E-state index is 5.54. The van der Waals surface area contributed by atoms with E-state index in [2.05, 4.69) is 0 Å². The van der Waals surface area contributed by atoms with Crippen LogP contribution in [0.2, 0.25) is 5.32 Å². The summed E-state index contributed by atoms with van der Waals surface area (Å²) >= 11 is 0. The summed E-state index contributed by atoms with van der Waals surface area (Å²) in [5.74, 6) is 0. The third kappa shape index (κ3) is 10.3. The molecule has 0 N–H and O–H groups in total. The normalized spacial score (nSPS) is 24.1. The third-order valence-corrected chi connectivity index (χ3v) is 4.85. The number of halogens is 6. The Balaban J connectivity index is 4.97. The van der Waals surface area contributed by atoms with Crippen molar-refractivity contribution in [2.24, 2.45) is 0 Å². The van der Waals surface area contributed by atoms with Crippen LogP contribution in [-0.2, 0) is 4.21 Å². The monoisotopic (exact) mass is 316 g/mol. The molecule has 0 radical (unpaired) electrons. The van der Waals surface area contributed by atoms with Crippen molar-refractivity contribution in [2.45, 2.75) is 18.7 Å². The molecule has 0 aliphatic heterocycles. The van der Waals surface area contributed by atoms with Gasteiger partial charge in [-0.25, -0.2) is 0 Å². The summed E-state index contributed by atoms with van der Waals surface area (Å²) in [5, 5.41) is -0.0552. The van der Waals surface area contributed by atoms with Crippen molar-refractivity contribution in [1.82, 2.24) is 0 Å². The van der Waals surface area contributed by atoms with Crippen LogP contribution in [0, 0.1) is 0 Å². The van der Waals surface area contributed by atoms with Crippen LogP contribution >= 0.6 is 60.6 Å². The van der Waals surface area contributed by atoms with Gasteiger partial charge >= 0.3 is 83.5 Å². The van der Waals surface area contributed by atoms with E-state index in [1.807, 2.05) is 0 Å². The molecule has 0 aliphatic rings. The second kappa shape index (κ2) is 1.86. The minimum absolute atomic E-state index is 0.0552. The van der Waals surface area contributed by atoms with Crippen molar-refractivity contribution in [3.05, 3.63) is 0 Å². The van der Waals surface area contributed by atoms with Gasteiger partial charge in [0.2, 0.25) is 0 Å². The summed E-state index contributed by atoms with van der Waals surface area (Å²) in [6, 6.07) is 0. The average molecular weight is 319 g/mol. The van der Waals surface area contributed by atoms with Crippen molar-refractivity contribution in [3.63, 3.8) is 0 Å². The van der Waals surface area contributed by atoms with Crippen LogP contribution in [-0.4, -0.2) is 0 Å². The van der Waals surface area contributed by atoms with E-state index in [9.17, 15) is 0 Å². The number of hydrogen-bond donors (Lipinski definition) is 0. The molecule has 72 valence electrons. The standard InChI is InChI=1S/C3H7.6ClH.Cu/c1-3-2;;;;;;;/h1,3H2,2H3;6*1H;/q;;;;;;;+6/p-6. The zero-order chi connectivity index (χ0) is 8.79. The van der Waals surface area contributed by atoms with E-state index in [0.29, 0.717) is 6.42 Å². The topological polar surface area (TPSA) is 0 Å². The van der Waals surface area contributed by atoms with Gasteiger partial charge in [-0.15, -0.1) is 0 Å². The SMILES string of the molecule is CC[CH2][Cu]([Cl])([Cl])([Cl])([Cl])([Cl])[Cl]. The zero-order valence-corrected chi connectivity index (χ0v) is 10.5. The molecule has 0 unspecified atom stereocenters. The second-order valence-corrected chi connectivity index (χ2v) is 31.1. The molecule has 0 saturated carbocycles. The summed E-state index contributed by atoms with van der Waals surface area (Å²) in [6.07, 6.45) is 0.503. The van der Waals surface area contributed by atoms with Gasteiger partial charge in [-0.3, -0.25) is 0 Å². The summed E-state index contributed by atoms with van der Waals surface area (Å²) in [5.41, 5.74) is 0. The van der Waals surface area contributed by atoms with Crippen molar-refractivity contribution in [3.8, 4) is 0 Å². The molecule has 0 heterocycles. The molecule has 7 heteroatoms. The molecule has 10 heavy (non-hydrogen) atoms. The van der Waals surface area contributed by atoms with Crippen LogP contribution in [0.15, 0.2) is 0 Å². The Morgan fingerprint density at radius 2 is 1.20 bits per heavy atom. The quantitative estimate of drug-likeness (QED) is 0.590. The van der Waals surface area contributed by atoms with Gasteiger partial charge in [-0.2, -0.15) is 0 Å². The predicted molar refractivity (Wildman–Crippen MR) is 50.2 cm³/mol. The molecule has 0 fully saturated rings. The first kappa shape index (κ1) is 12.3. The van der Waals surface area contributed by atoms with Gasteiger partial charge in [-0.1, -0.05) is 0 Å². The summed E-state index contributed by atoms with van der Waals surface area (Å²) in [7, 11) is 33.3. The molecule has 0 aromatic heterocycles. The molecule has 0 bridgehead atoms. The first-order valence-corrected chi connectivity index (χ1v) is 10.5. The van der Waals surface area contributed by atoms with Gasteiger partial charge in [0, 0.05) is 0 Å². The molecule has 0 aromatic carbocycles. The van der Waals surface area contributed by atoms with Crippen molar-refractivity contribution in [1.29, 1.82) is 0 Å². The second-order valence-electron chi connectivity index (χ2n) is 1.78. The fourth-order valence-corrected chi connectivity index (χ4v) is 4.23. The Hall–Kier alpha value is 2.26. The fraction of sp³-hybridized carbons (Fsp3) is 1.00. The van der Waals surface area contributed by atoms with Gasteiger partial charge in [0.25, 0.3) is 0 Å². The third-order valence-electron chi connectivity index (χ3n) is 0.493. The molecule has 0 atom stereocenters. The van der Waals surface area contributed by atoms with Crippen LogP contribution in [0.25, 0.3) is 0 Å². The Bertz CT molecular complexity index is 147. The molecule has 0 saturated heterocycles. The van der Waals surface area contributed by atoms with E-state index in [1.165, 1.54) is 0 Å². The molecule has 0 aromatic rings. The fourth-order valence-electron chi connectivity index (χ4n) is 0.342. The maximum atomic E-state index is 5.54. The number of rotatable bonds is 2. The summed E-state index contributed by atoms with van der Waals surface area (Å²) in [4.78, 5) is 0. The van der Waals surface area contributed by atoms with Crippen molar-refractivity contribution < 1.29 is 4.21 Å². The van der Waals surface area contributed by atoms with E-state index in [0.717, 1.165) is 0 Å². The van der Waals surface area contributed by atoms with Gasteiger partial charge < -0.3 is 0 Å². The molecule has 0 nitrogen and oxygen atoms in total. The summed E-state index contributed by atoms with van der Waals surface area (Å²) in [6.45, 7) is 1.77. The minimum atomic E-state index is -5.27. The van der Waals surface area contributed by atoms with E-state index in [1.54, 1.807) is 6.92 Å². The Kier molecular flexibility index (Phi) is 2.28. The van der Waals surface area contributed by atoms with E-state index in [4.69, 9.17) is 60.6 Å². The first-order valence-electron chi connectivity index (χ1n) is 2.10. The first-order chi connectivity index (χ1) is 3.74. The van der Waals surface area contributed by atoms with E-state index in [-0.39, 0.29) is 5.32 Å². The Morgan fingerprint density at radius 1 is 0.900 bits per heavy atom. The van der Waals surface area contributed by atoms with Crippen molar-refractivity contribution in [2.75, 3.05) is 0 Å². The van der Waals surface area contributed by atoms with E-state index < -0.39 is 4.21 Å². The van der Waals surface area contributed by atoms with Crippen LogP contribution in [0.3, 0.4) is 0 Å². The van der Waals surface area contributed by atoms with Gasteiger partial charge in [-0.05, 0) is 0 Å². The van der Waals surface area contributed by atoms with Gasteiger partial charge in [0.05, 0.1) is 0 Å². The Morgan fingerprint density at radius 3 is 1.20 bits per heavy atom. The van der Waals surface area contributed by atoms with Crippen molar-refractivity contribution >= 4 is 60.6 Å². The molecular weight excluding hydrogens is 312 g/mol. The molecule has 0 rings (SSSR count). The molecular formula is C3H7Cl6Cu. The van der Waals surface area contributed by atoms with Crippen LogP contribution < -0.4 is 0 Å². The average Bonchev–Trinajstić information content (AvgIpc) is 1.19. The predicted octanol–water partition coefficient (Wildman–Crippen LogP) is 5.50. The van der Waals surface area contributed by atoms with E-state index >= 15 is 0 Å². The molecule has 0 spiro atoms. The molecule has 0 aliphatic carbocycles. The van der Waals surface area contributed by atoms with Gasteiger partial charge in [0.1, 0.15) is 0 Å². The van der Waals surface area contributed by atoms with Gasteiger partial charge in [0.15, 0.2) is 0 Å². The molecule has 0 amide bonds. The Labute approximate surface area is 82.7 Å². The summed E-state index contributed by atoms with van der Waals surface area (Å²) < 4.78 is -5.27. The zero-order valence-electron chi connectivity index (χ0n) is 4.98.